The Labute approximate surface area is 270 Å². The van der Waals surface area contributed by atoms with E-state index in [0.29, 0.717) is 16.9 Å². The van der Waals surface area contributed by atoms with E-state index in [1.54, 1.807) is 121 Å². The van der Waals surface area contributed by atoms with Crippen LogP contribution in [0.15, 0.2) is 121 Å². The Hall–Kier alpha value is -4.93. The summed E-state index contributed by atoms with van der Waals surface area (Å²) < 4.78 is 29.9. The van der Waals surface area contributed by atoms with Crippen LogP contribution < -0.4 is 0 Å². The molecule has 0 unspecified atom stereocenters. The second-order valence-electron chi connectivity index (χ2n) is 10.2. The van der Waals surface area contributed by atoms with Crippen LogP contribution in [0.5, 0.6) is 0 Å². The second kappa shape index (κ2) is 15.9. The summed E-state index contributed by atoms with van der Waals surface area (Å²) in [6, 6.07) is 33.3. The van der Waals surface area contributed by atoms with Crippen molar-refractivity contribution in [2.24, 2.45) is 0 Å². The highest BCUT2D eigenvalue weighted by Crippen LogP contribution is 2.37. The summed E-state index contributed by atoms with van der Waals surface area (Å²) in [4.78, 5) is 52.9. The van der Waals surface area contributed by atoms with E-state index in [9.17, 15) is 19.2 Å². The molecular weight excluding hydrogens is 608 g/mol. The van der Waals surface area contributed by atoms with Gasteiger partial charge < -0.3 is 23.7 Å². The fourth-order valence-corrected chi connectivity index (χ4v) is 5.76. The Morgan fingerprint density at radius 1 is 0.609 bits per heavy atom. The van der Waals surface area contributed by atoms with Gasteiger partial charge in [0.25, 0.3) is 0 Å². The Kier molecular flexibility index (Phi) is 11.2. The molecule has 0 amide bonds. The van der Waals surface area contributed by atoms with Crippen molar-refractivity contribution in [3.8, 4) is 0 Å². The molecule has 4 aromatic rings. The second-order valence-corrected chi connectivity index (χ2v) is 11.5. The van der Waals surface area contributed by atoms with Crippen molar-refractivity contribution >= 4 is 35.6 Å². The summed E-state index contributed by atoms with van der Waals surface area (Å²) >= 11 is 1.33. The summed E-state index contributed by atoms with van der Waals surface area (Å²) in [5.74, 6) is -2.14. The van der Waals surface area contributed by atoms with E-state index in [-0.39, 0.29) is 11.1 Å². The normalized spacial score (nSPS) is 19.4. The molecule has 0 N–H and O–H groups in total. The molecule has 1 saturated heterocycles. The molecule has 46 heavy (non-hydrogen) atoms. The van der Waals surface area contributed by atoms with E-state index in [1.807, 2.05) is 6.92 Å². The van der Waals surface area contributed by atoms with Crippen LogP contribution in [0.1, 0.15) is 48.4 Å². The molecule has 9 nitrogen and oxygen atoms in total. The van der Waals surface area contributed by atoms with E-state index in [0.717, 1.165) is 0 Å². The summed E-state index contributed by atoms with van der Waals surface area (Å²) in [6.45, 7) is 1.47. The number of hydrogen-bond acceptors (Lipinski definition) is 10. The number of carbonyl (C=O) groups excluding carboxylic acids is 4. The predicted octanol–water partition coefficient (Wildman–Crippen LogP) is 6.00. The van der Waals surface area contributed by atoms with Crippen molar-refractivity contribution in [1.82, 2.24) is 0 Å². The van der Waals surface area contributed by atoms with Gasteiger partial charge in [0, 0.05) is 0 Å². The van der Waals surface area contributed by atoms with Crippen molar-refractivity contribution in [2.75, 3.05) is 12.4 Å². The first-order chi connectivity index (χ1) is 22.4. The fraction of sp³-hybridized carbons (Fsp3) is 0.222. The van der Waals surface area contributed by atoms with Crippen molar-refractivity contribution in [1.29, 1.82) is 0 Å². The van der Waals surface area contributed by atoms with E-state index >= 15 is 0 Å². The Morgan fingerprint density at radius 2 is 1.02 bits per heavy atom. The minimum atomic E-state index is -1.26. The van der Waals surface area contributed by atoms with Gasteiger partial charge in [-0.3, -0.25) is 0 Å². The van der Waals surface area contributed by atoms with Crippen LogP contribution in [0.25, 0.3) is 0 Å². The Bertz CT molecular complexity index is 1600. The molecule has 0 aromatic heterocycles. The molecule has 236 valence electrons. The van der Waals surface area contributed by atoms with Crippen LogP contribution in [0.4, 0.5) is 0 Å². The van der Waals surface area contributed by atoms with E-state index in [1.165, 1.54) is 11.8 Å². The van der Waals surface area contributed by atoms with Crippen LogP contribution in [-0.4, -0.2) is 66.1 Å². The molecule has 0 bridgehead atoms. The van der Waals surface area contributed by atoms with Crippen molar-refractivity contribution in [3.63, 3.8) is 0 Å². The SMILES string of the molecule is CCS[C@@H]1O[C@@H]([C@@H](COC(=O)c2ccccc2)OC(=O)c2ccccc2)[C@H](OC(=O)c2ccccc2)[C@H]1OC(=O)c1ccccc1. The third-order valence-corrected chi connectivity index (χ3v) is 8.11. The smallest absolute Gasteiger partial charge is 0.338 e. The maximum absolute atomic E-state index is 13.4. The molecule has 0 radical (unpaired) electrons. The third-order valence-electron chi connectivity index (χ3n) is 7.07. The summed E-state index contributed by atoms with van der Waals surface area (Å²) in [6.07, 6.45) is -4.78. The first-order valence-corrected chi connectivity index (χ1v) is 15.8. The molecule has 1 aliphatic rings. The van der Waals surface area contributed by atoms with Gasteiger partial charge in [0.2, 0.25) is 0 Å². The quantitative estimate of drug-likeness (QED) is 0.135. The highest BCUT2D eigenvalue weighted by atomic mass is 32.2. The minimum absolute atomic E-state index is 0.254. The summed E-state index contributed by atoms with van der Waals surface area (Å²) in [5.41, 5.74) is 0.296. The van der Waals surface area contributed by atoms with E-state index in [4.69, 9.17) is 23.7 Å². The fourth-order valence-electron chi connectivity index (χ4n) is 4.83. The van der Waals surface area contributed by atoms with Gasteiger partial charge in [-0.2, -0.15) is 0 Å². The number of benzene rings is 4. The standard InChI is InChI=1S/C36H32O9S/c1-2-46-36-31(44-35(40)27-21-13-6-14-22-27)30(43-34(39)26-19-11-5-12-20-26)29(45-36)28(42-33(38)25-17-9-4-10-18-25)23-41-32(37)24-15-7-3-8-16-24/h3-22,28-31,36H,2,23H2,1H3/t28-,29+,30+,31-,36+/m1/s1. The molecule has 10 heteroatoms. The lowest BCUT2D eigenvalue weighted by Gasteiger charge is -2.28. The molecule has 1 aliphatic heterocycles. The largest absolute Gasteiger partial charge is 0.458 e. The zero-order valence-electron chi connectivity index (χ0n) is 24.9. The van der Waals surface area contributed by atoms with Crippen LogP contribution in [0, 0.1) is 0 Å². The Balaban J connectivity index is 1.49. The Morgan fingerprint density at radius 3 is 1.48 bits per heavy atom. The lowest BCUT2D eigenvalue weighted by Crippen LogP contribution is -2.47. The van der Waals surface area contributed by atoms with Gasteiger partial charge in [0.05, 0.1) is 22.3 Å². The van der Waals surface area contributed by atoms with Crippen LogP contribution in [0.2, 0.25) is 0 Å². The average Bonchev–Trinajstić information content (AvgIpc) is 3.43. The number of ether oxygens (including phenoxy) is 5. The molecular formula is C36H32O9S. The van der Waals surface area contributed by atoms with Crippen molar-refractivity contribution in [3.05, 3.63) is 144 Å². The average molecular weight is 641 g/mol. The van der Waals surface area contributed by atoms with Gasteiger partial charge in [-0.25, -0.2) is 19.2 Å². The molecule has 4 aromatic carbocycles. The molecule has 1 fully saturated rings. The minimum Gasteiger partial charge on any atom is -0.458 e. The number of carbonyl (C=O) groups is 4. The number of hydrogen-bond donors (Lipinski definition) is 0. The van der Waals surface area contributed by atoms with Gasteiger partial charge in [-0.05, 0) is 54.3 Å². The topological polar surface area (TPSA) is 114 Å². The molecule has 5 rings (SSSR count). The molecule has 0 saturated carbocycles. The first kappa shape index (κ1) is 32.5. The van der Waals surface area contributed by atoms with Gasteiger partial charge in [0.1, 0.15) is 18.1 Å². The van der Waals surface area contributed by atoms with Crippen LogP contribution in [-0.2, 0) is 23.7 Å². The zero-order valence-corrected chi connectivity index (χ0v) is 25.7. The van der Waals surface area contributed by atoms with Crippen molar-refractivity contribution < 1.29 is 42.9 Å². The van der Waals surface area contributed by atoms with Crippen LogP contribution in [0.3, 0.4) is 0 Å². The molecule has 0 spiro atoms. The van der Waals surface area contributed by atoms with E-state index in [2.05, 4.69) is 0 Å². The zero-order chi connectivity index (χ0) is 32.3. The number of esters is 4. The molecule has 5 atom stereocenters. The summed E-state index contributed by atoms with van der Waals surface area (Å²) in [7, 11) is 0. The first-order valence-electron chi connectivity index (χ1n) is 14.7. The third kappa shape index (κ3) is 8.21. The highest BCUT2D eigenvalue weighted by Gasteiger charge is 2.54. The maximum Gasteiger partial charge on any atom is 0.338 e. The summed E-state index contributed by atoms with van der Waals surface area (Å²) in [5, 5.41) is 0. The monoisotopic (exact) mass is 640 g/mol. The highest BCUT2D eigenvalue weighted by molar-refractivity contribution is 7.99. The molecule has 1 heterocycles. The van der Waals surface area contributed by atoms with Gasteiger partial charge in [0.15, 0.2) is 18.3 Å². The molecule has 0 aliphatic carbocycles. The van der Waals surface area contributed by atoms with E-state index < -0.39 is 60.3 Å². The van der Waals surface area contributed by atoms with Gasteiger partial charge in [-0.15, -0.1) is 11.8 Å². The van der Waals surface area contributed by atoms with Crippen LogP contribution >= 0.6 is 11.8 Å². The van der Waals surface area contributed by atoms with Gasteiger partial charge >= 0.3 is 23.9 Å². The lowest BCUT2D eigenvalue weighted by atomic mass is 10.1. The lowest BCUT2D eigenvalue weighted by molar-refractivity contribution is -0.0899. The van der Waals surface area contributed by atoms with Crippen molar-refractivity contribution in [2.45, 2.75) is 36.8 Å². The predicted molar refractivity (Wildman–Crippen MR) is 170 cm³/mol. The maximum atomic E-state index is 13.4. The number of thioether (sulfide) groups is 1. The van der Waals surface area contributed by atoms with Gasteiger partial charge in [-0.1, -0.05) is 79.7 Å². The number of rotatable bonds is 12.